The van der Waals surface area contributed by atoms with Crippen LogP contribution in [0.15, 0.2) is 6.20 Å². The molecule has 1 heterocycles. The zero-order chi connectivity index (χ0) is 10.0. The van der Waals surface area contributed by atoms with Gasteiger partial charge in [-0.1, -0.05) is 27.7 Å². The average molecular weight is 180 g/mol. The van der Waals surface area contributed by atoms with E-state index in [0.29, 0.717) is 11.8 Å². The van der Waals surface area contributed by atoms with Gasteiger partial charge in [0.15, 0.2) is 0 Å². The summed E-state index contributed by atoms with van der Waals surface area (Å²) in [4.78, 5) is 0. The largest absolute Gasteiger partial charge is 0.269 e. The van der Waals surface area contributed by atoms with Crippen LogP contribution in [0.25, 0.3) is 0 Å². The number of nitrogens with zero attached hydrogens (tertiary/aromatic N) is 2. The summed E-state index contributed by atoms with van der Waals surface area (Å²) in [5.74, 6) is 1.15. The molecule has 2 heteroatoms. The third kappa shape index (κ3) is 1.93. The molecule has 2 nitrogen and oxygen atoms in total. The van der Waals surface area contributed by atoms with Crippen LogP contribution in [0.4, 0.5) is 0 Å². The smallest absolute Gasteiger partial charge is 0.0527 e. The Kier molecular flexibility index (Phi) is 3.12. The van der Waals surface area contributed by atoms with Crippen molar-refractivity contribution < 1.29 is 0 Å². The summed E-state index contributed by atoms with van der Waals surface area (Å²) in [7, 11) is 0. The van der Waals surface area contributed by atoms with Gasteiger partial charge in [0.2, 0.25) is 0 Å². The van der Waals surface area contributed by atoms with E-state index in [1.54, 1.807) is 0 Å². The molecule has 0 saturated heterocycles. The molecule has 0 aromatic carbocycles. The summed E-state index contributed by atoms with van der Waals surface area (Å²) in [6, 6.07) is 0. The van der Waals surface area contributed by atoms with E-state index < -0.39 is 0 Å². The van der Waals surface area contributed by atoms with Crippen molar-refractivity contribution in [2.45, 2.75) is 53.0 Å². The zero-order valence-corrected chi connectivity index (χ0v) is 9.33. The summed E-state index contributed by atoms with van der Waals surface area (Å²) in [6.07, 6.45) is 2.02. The van der Waals surface area contributed by atoms with E-state index in [1.807, 2.05) is 6.20 Å². The fraction of sp³-hybridized carbons (Fsp3) is 0.727. The highest BCUT2D eigenvalue weighted by Gasteiger charge is 2.15. The number of hydrogen-bond acceptors (Lipinski definition) is 1. The lowest BCUT2D eigenvalue weighted by Crippen LogP contribution is -2.06. The van der Waals surface area contributed by atoms with Crippen LogP contribution in [0.3, 0.4) is 0 Å². The molecule has 0 unspecified atom stereocenters. The molecule has 0 atom stereocenters. The van der Waals surface area contributed by atoms with Crippen molar-refractivity contribution in [1.29, 1.82) is 0 Å². The van der Waals surface area contributed by atoms with E-state index in [2.05, 4.69) is 44.4 Å². The van der Waals surface area contributed by atoms with Crippen LogP contribution in [0.1, 0.15) is 57.7 Å². The number of aromatic nitrogens is 2. The predicted molar refractivity (Wildman–Crippen MR) is 56.1 cm³/mol. The Hall–Kier alpha value is -0.790. The van der Waals surface area contributed by atoms with E-state index in [4.69, 9.17) is 0 Å². The summed E-state index contributed by atoms with van der Waals surface area (Å²) in [6.45, 7) is 12.0. The van der Waals surface area contributed by atoms with Gasteiger partial charge in [-0.05, 0) is 24.3 Å². The van der Waals surface area contributed by atoms with Crippen LogP contribution >= 0.6 is 0 Å². The molecule has 1 aromatic heterocycles. The van der Waals surface area contributed by atoms with Gasteiger partial charge < -0.3 is 0 Å². The molecule has 0 aliphatic carbocycles. The first-order valence-corrected chi connectivity index (χ1v) is 5.13. The highest BCUT2D eigenvalue weighted by molar-refractivity contribution is 5.24. The van der Waals surface area contributed by atoms with E-state index in [-0.39, 0.29) is 0 Å². The molecule has 0 bridgehead atoms. The van der Waals surface area contributed by atoms with Crippen molar-refractivity contribution in [1.82, 2.24) is 9.78 Å². The van der Waals surface area contributed by atoms with Gasteiger partial charge in [0.1, 0.15) is 0 Å². The molecular formula is C11H20N2. The second-order valence-corrected chi connectivity index (χ2v) is 4.11. The van der Waals surface area contributed by atoms with Gasteiger partial charge in [-0.2, -0.15) is 5.10 Å². The summed E-state index contributed by atoms with van der Waals surface area (Å²) in [5, 5.41) is 4.39. The Labute approximate surface area is 81.0 Å². The Morgan fingerprint density at radius 2 is 1.85 bits per heavy atom. The van der Waals surface area contributed by atoms with Gasteiger partial charge in [0.05, 0.1) is 6.20 Å². The first-order chi connectivity index (χ1) is 6.07. The molecule has 1 rings (SSSR count). The van der Waals surface area contributed by atoms with Crippen molar-refractivity contribution in [3.63, 3.8) is 0 Å². The molecule has 74 valence electrons. The van der Waals surface area contributed by atoms with Crippen molar-refractivity contribution in [3.05, 3.63) is 17.5 Å². The fourth-order valence-corrected chi connectivity index (χ4v) is 1.74. The normalized spacial score (nSPS) is 11.6. The fourth-order valence-electron chi connectivity index (χ4n) is 1.74. The Morgan fingerprint density at radius 3 is 2.23 bits per heavy atom. The highest BCUT2D eigenvalue weighted by Crippen LogP contribution is 2.25. The molecule has 1 aromatic rings. The van der Waals surface area contributed by atoms with Crippen LogP contribution in [0.2, 0.25) is 0 Å². The second kappa shape index (κ2) is 3.95. The van der Waals surface area contributed by atoms with E-state index >= 15 is 0 Å². The summed E-state index contributed by atoms with van der Waals surface area (Å²) >= 11 is 0. The van der Waals surface area contributed by atoms with Crippen LogP contribution in [0, 0.1) is 0 Å². The molecule has 0 spiro atoms. The maximum absolute atomic E-state index is 4.39. The van der Waals surface area contributed by atoms with Crippen molar-refractivity contribution in [3.8, 4) is 0 Å². The second-order valence-electron chi connectivity index (χ2n) is 4.11. The van der Waals surface area contributed by atoms with E-state index in [1.165, 1.54) is 11.3 Å². The van der Waals surface area contributed by atoms with Crippen molar-refractivity contribution in [2.24, 2.45) is 0 Å². The Morgan fingerprint density at radius 1 is 1.23 bits per heavy atom. The minimum atomic E-state index is 0.569. The van der Waals surface area contributed by atoms with Gasteiger partial charge in [-0.3, -0.25) is 4.68 Å². The Bertz CT molecular complexity index is 272. The lowest BCUT2D eigenvalue weighted by atomic mass is 9.98. The van der Waals surface area contributed by atoms with Crippen LogP contribution in [-0.4, -0.2) is 9.78 Å². The van der Waals surface area contributed by atoms with E-state index in [0.717, 1.165) is 6.54 Å². The molecular weight excluding hydrogens is 160 g/mol. The number of hydrogen-bond donors (Lipinski definition) is 0. The standard InChI is InChI=1S/C11H20N2/c1-6-13-11(9(4)5)10(7-12-13)8(2)3/h7-9H,6H2,1-5H3. The monoisotopic (exact) mass is 180 g/mol. The molecule has 0 amide bonds. The van der Waals surface area contributed by atoms with Crippen molar-refractivity contribution >= 4 is 0 Å². The molecule has 0 saturated carbocycles. The molecule has 13 heavy (non-hydrogen) atoms. The third-order valence-electron chi connectivity index (χ3n) is 2.38. The Balaban J connectivity index is 3.14. The lowest BCUT2D eigenvalue weighted by molar-refractivity contribution is 0.592. The SMILES string of the molecule is CCn1ncc(C(C)C)c1C(C)C. The third-order valence-corrected chi connectivity index (χ3v) is 2.38. The van der Waals surface area contributed by atoms with Gasteiger partial charge in [-0.15, -0.1) is 0 Å². The van der Waals surface area contributed by atoms with Crippen LogP contribution in [-0.2, 0) is 6.54 Å². The van der Waals surface area contributed by atoms with Gasteiger partial charge in [-0.25, -0.2) is 0 Å². The van der Waals surface area contributed by atoms with Crippen LogP contribution < -0.4 is 0 Å². The maximum Gasteiger partial charge on any atom is 0.0527 e. The molecule has 0 N–H and O–H groups in total. The topological polar surface area (TPSA) is 17.8 Å². The van der Waals surface area contributed by atoms with Gasteiger partial charge in [0, 0.05) is 12.2 Å². The first kappa shape index (κ1) is 10.3. The lowest BCUT2D eigenvalue weighted by Gasteiger charge is -2.13. The average Bonchev–Trinajstić information content (AvgIpc) is 2.46. The maximum atomic E-state index is 4.39. The summed E-state index contributed by atoms with van der Waals surface area (Å²) in [5.41, 5.74) is 2.80. The first-order valence-electron chi connectivity index (χ1n) is 5.13. The zero-order valence-electron chi connectivity index (χ0n) is 9.33. The molecule has 0 aliphatic heterocycles. The number of rotatable bonds is 3. The highest BCUT2D eigenvalue weighted by atomic mass is 15.3. The predicted octanol–water partition coefficient (Wildman–Crippen LogP) is 3.15. The molecule has 0 radical (unpaired) electrons. The van der Waals surface area contributed by atoms with E-state index in [9.17, 15) is 0 Å². The minimum absolute atomic E-state index is 0.569. The van der Waals surface area contributed by atoms with Crippen LogP contribution in [0.5, 0.6) is 0 Å². The van der Waals surface area contributed by atoms with Gasteiger partial charge >= 0.3 is 0 Å². The molecule has 0 fully saturated rings. The summed E-state index contributed by atoms with van der Waals surface area (Å²) < 4.78 is 2.11. The van der Waals surface area contributed by atoms with Gasteiger partial charge in [0.25, 0.3) is 0 Å². The van der Waals surface area contributed by atoms with Crippen molar-refractivity contribution in [2.75, 3.05) is 0 Å². The number of aryl methyl sites for hydroxylation is 1. The molecule has 0 aliphatic rings. The minimum Gasteiger partial charge on any atom is -0.269 e. The quantitative estimate of drug-likeness (QED) is 0.698.